The van der Waals surface area contributed by atoms with Gasteiger partial charge in [0.25, 0.3) is 0 Å². The van der Waals surface area contributed by atoms with Crippen molar-refractivity contribution in [2.75, 3.05) is 25.6 Å². The molecule has 32 heavy (non-hydrogen) atoms. The standard InChI is InChI=1S/C22H30N6O3S/c1-15(2)28-17(4)25-16(3)21(28)20-11-13-23-22(27-20)26-18-7-9-19(10-8-18)32(29,30)24-12-6-14-31-5/h7-11,13,15,24H,6,12,14H2,1-5H3,(H,23,26,27). The summed E-state index contributed by atoms with van der Waals surface area (Å²) in [7, 11) is -1.98. The number of aromatic nitrogens is 4. The van der Waals surface area contributed by atoms with Crippen LogP contribution in [0, 0.1) is 13.8 Å². The molecule has 2 aromatic heterocycles. The molecule has 2 N–H and O–H groups in total. The van der Waals surface area contributed by atoms with E-state index in [1.165, 1.54) is 0 Å². The Balaban J connectivity index is 1.77. The Kier molecular flexibility index (Phi) is 7.60. The number of nitrogens with zero attached hydrogens (tertiary/aromatic N) is 4. The summed E-state index contributed by atoms with van der Waals surface area (Å²) in [4.78, 5) is 13.8. The number of aryl methyl sites for hydroxylation is 2. The molecule has 0 atom stereocenters. The van der Waals surface area contributed by atoms with Crippen LogP contribution in [0.3, 0.4) is 0 Å². The summed E-state index contributed by atoms with van der Waals surface area (Å²) in [6.45, 7) is 9.00. The number of sulfonamides is 1. The fourth-order valence-corrected chi connectivity index (χ4v) is 4.60. The Morgan fingerprint density at radius 1 is 1.09 bits per heavy atom. The molecule has 2 heterocycles. The van der Waals surface area contributed by atoms with Gasteiger partial charge in [0, 0.05) is 38.2 Å². The molecule has 3 aromatic rings. The van der Waals surface area contributed by atoms with Crippen LogP contribution in [0.25, 0.3) is 11.4 Å². The first-order chi connectivity index (χ1) is 15.2. The maximum Gasteiger partial charge on any atom is 0.240 e. The van der Waals surface area contributed by atoms with Crippen LogP contribution in [0.1, 0.15) is 37.8 Å². The lowest BCUT2D eigenvalue weighted by Crippen LogP contribution is -2.25. The van der Waals surface area contributed by atoms with Gasteiger partial charge in [-0.05, 0) is 64.4 Å². The van der Waals surface area contributed by atoms with E-state index in [-0.39, 0.29) is 10.9 Å². The summed E-state index contributed by atoms with van der Waals surface area (Å²) < 4.78 is 34.4. The molecule has 10 heteroatoms. The van der Waals surface area contributed by atoms with E-state index in [2.05, 4.69) is 43.4 Å². The predicted octanol–water partition coefficient (Wildman–Crippen LogP) is 3.60. The van der Waals surface area contributed by atoms with Gasteiger partial charge in [0.05, 0.1) is 22.0 Å². The normalized spacial score (nSPS) is 11.8. The van der Waals surface area contributed by atoms with E-state index in [0.717, 1.165) is 22.9 Å². The van der Waals surface area contributed by atoms with Gasteiger partial charge in [0.1, 0.15) is 5.82 Å². The monoisotopic (exact) mass is 458 g/mol. The van der Waals surface area contributed by atoms with E-state index in [4.69, 9.17) is 4.74 Å². The summed E-state index contributed by atoms with van der Waals surface area (Å²) in [5.41, 5.74) is 3.33. The van der Waals surface area contributed by atoms with Crippen LogP contribution in [-0.2, 0) is 14.8 Å². The topological polar surface area (TPSA) is 111 Å². The average molecular weight is 459 g/mol. The molecular formula is C22H30N6O3S. The first-order valence-electron chi connectivity index (χ1n) is 10.5. The minimum absolute atomic E-state index is 0.196. The summed E-state index contributed by atoms with van der Waals surface area (Å²) in [5, 5.41) is 3.14. The molecule has 0 spiro atoms. The van der Waals surface area contributed by atoms with Crippen LogP contribution in [0.4, 0.5) is 11.6 Å². The molecule has 172 valence electrons. The van der Waals surface area contributed by atoms with E-state index >= 15 is 0 Å². The number of imidazole rings is 1. The quantitative estimate of drug-likeness (QED) is 0.447. The summed E-state index contributed by atoms with van der Waals surface area (Å²) >= 11 is 0. The number of hydrogen-bond acceptors (Lipinski definition) is 7. The van der Waals surface area contributed by atoms with E-state index in [1.54, 1.807) is 37.6 Å². The van der Waals surface area contributed by atoms with Gasteiger partial charge in [-0.25, -0.2) is 28.1 Å². The van der Waals surface area contributed by atoms with Gasteiger partial charge < -0.3 is 14.6 Å². The molecule has 9 nitrogen and oxygen atoms in total. The number of hydrogen-bond donors (Lipinski definition) is 2. The summed E-state index contributed by atoms with van der Waals surface area (Å²) in [6.07, 6.45) is 2.30. The molecule has 0 aliphatic carbocycles. The Hall–Kier alpha value is -2.82. The first-order valence-corrected chi connectivity index (χ1v) is 12.0. The molecule has 0 radical (unpaired) electrons. The smallest absolute Gasteiger partial charge is 0.240 e. The number of benzene rings is 1. The number of ether oxygens (including phenoxy) is 1. The highest BCUT2D eigenvalue weighted by Crippen LogP contribution is 2.27. The molecule has 0 aliphatic rings. The molecule has 0 fully saturated rings. The van der Waals surface area contributed by atoms with Gasteiger partial charge >= 0.3 is 0 Å². The van der Waals surface area contributed by atoms with E-state index in [0.29, 0.717) is 31.2 Å². The van der Waals surface area contributed by atoms with Crippen molar-refractivity contribution >= 4 is 21.7 Å². The fraction of sp³-hybridized carbons (Fsp3) is 0.409. The largest absolute Gasteiger partial charge is 0.385 e. The minimum Gasteiger partial charge on any atom is -0.385 e. The van der Waals surface area contributed by atoms with Crippen molar-refractivity contribution < 1.29 is 13.2 Å². The Morgan fingerprint density at radius 3 is 2.47 bits per heavy atom. The van der Waals surface area contributed by atoms with Crippen LogP contribution >= 0.6 is 0 Å². The van der Waals surface area contributed by atoms with Gasteiger partial charge in [0.15, 0.2) is 0 Å². The van der Waals surface area contributed by atoms with Crippen LogP contribution in [-0.4, -0.2) is 48.2 Å². The fourth-order valence-electron chi connectivity index (χ4n) is 3.53. The molecule has 0 saturated carbocycles. The van der Waals surface area contributed by atoms with Crippen LogP contribution in [0.5, 0.6) is 0 Å². The van der Waals surface area contributed by atoms with Gasteiger partial charge in [0.2, 0.25) is 16.0 Å². The van der Waals surface area contributed by atoms with Crippen molar-refractivity contribution in [2.45, 2.75) is 45.1 Å². The lowest BCUT2D eigenvalue weighted by Gasteiger charge is -2.15. The maximum atomic E-state index is 12.4. The number of rotatable bonds is 10. The SMILES string of the molecule is COCCCNS(=O)(=O)c1ccc(Nc2nccc(-c3c(C)nc(C)n3C(C)C)n2)cc1. The lowest BCUT2D eigenvalue weighted by atomic mass is 10.2. The van der Waals surface area contributed by atoms with Crippen molar-refractivity contribution in [2.24, 2.45) is 0 Å². The zero-order valence-electron chi connectivity index (χ0n) is 19.1. The van der Waals surface area contributed by atoms with Gasteiger partial charge in [-0.15, -0.1) is 0 Å². The van der Waals surface area contributed by atoms with Crippen LogP contribution in [0.15, 0.2) is 41.4 Å². The zero-order valence-corrected chi connectivity index (χ0v) is 19.9. The van der Waals surface area contributed by atoms with E-state index in [9.17, 15) is 8.42 Å². The first kappa shape index (κ1) is 23.8. The van der Waals surface area contributed by atoms with Crippen molar-refractivity contribution in [3.05, 3.63) is 48.0 Å². The van der Waals surface area contributed by atoms with Crippen LogP contribution < -0.4 is 10.0 Å². The highest BCUT2D eigenvalue weighted by molar-refractivity contribution is 7.89. The predicted molar refractivity (Wildman–Crippen MR) is 125 cm³/mol. The second-order valence-electron chi connectivity index (χ2n) is 7.72. The second kappa shape index (κ2) is 10.2. The molecule has 0 amide bonds. The second-order valence-corrected chi connectivity index (χ2v) is 9.48. The molecule has 0 bridgehead atoms. The molecule has 0 unspecified atom stereocenters. The van der Waals surface area contributed by atoms with Crippen molar-refractivity contribution in [1.82, 2.24) is 24.2 Å². The number of anilines is 2. The Labute approximate surface area is 189 Å². The zero-order chi connectivity index (χ0) is 23.3. The number of methoxy groups -OCH3 is 1. The highest BCUT2D eigenvalue weighted by atomic mass is 32.2. The van der Waals surface area contributed by atoms with E-state index in [1.807, 2.05) is 19.9 Å². The molecule has 1 aromatic carbocycles. The minimum atomic E-state index is -3.56. The van der Waals surface area contributed by atoms with Crippen molar-refractivity contribution in [3.63, 3.8) is 0 Å². The number of nitrogens with one attached hydrogen (secondary N) is 2. The van der Waals surface area contributed by atoms with Crippen molar-refractivity contribution in [3.8, 4) is 11.4 Å². The van der Waals surface area contributed by atoms with Crippen LogP contribution in [0.2, 0.25) is 0 Å². The summed E-state index contributed by atoms with van der Waals surface area (Å²) in [5.74, 6) is 1.36. The van der Waals surface area contributed by atoms with E-state index < -0.39 is 10.0 Å². The lowest BCUT2D eigenvalue weighted by molar-refractivity contribution is 0.196. The molecule has 3 rings (SSSR count). The maximum absolute atomic E-state index is 12.4. The average Bonchev–Trinajstić information content (AvgIpc) is 3.06. The van der Waals surface area contributed by atoms with Gasteiger partial charge in [-0.2, -0.15) is 0 Å². The Morgan fingerprint density at radius 2 is 1.81 bits per heavy atom. The third kappa shape index (κ3) is 5.50. The summed E-state index contributed by atoms with van der Waals surface area (Å²) in [6, 6.07) is 8.58. The Bertz CT molecular complexity index is 1160. The molecule has 0 aliphatic heterocycles. The van der Waals surface area contributed by atoms with Gasteiger partial charge in [-0.3, -0.25) is 0 Å². The molecule has 0 saturated heterocycles. The van der Waals surface area contributed by atoms with Gasteiger partial charge in [-0.1, -0.05) is 0 Å². The third-order valence-corrected chi connectivity index (χ3v) is 6.39. The third-order valence-electron chi connectivity index (χ3n) is 4.91. The highest BCUT2D eigenvalue weighted by Gasteiger charge is 2.18. The van der Waals surface area contributed by atoms with Crippen molar-refractivity contribution in [1.29, 1.82) is 0 Å². The molecular weight excluding hydrogens is 428 g/mol.